The molecule has 0 radical (unpaired) electrons. The van der Waals surface area contributed by atoms with Crippen molar-refractivity contribution in [1.82, 2.24) is 0 Å². The summed E-state index contributed by atoms with van der Waals surface area (Å²) in [6, 6.07) is 0. The molecule has 1 aliphatic rings. The molecule has 0 atom stereocenters. The van der Waals surface area contributed by atoms with E-state index in [9.17, 15) is 9.59 Å². The molecule has 1 aliphatic heterocycles. The van der Waals surface area contributed by atoms with Gasteiger partial charge in [-0.05, 0) is 38.7 Å². The molecule has 0 aliphatic carbocycles. The van der Waals surface area contributed by atoms with Crippen LogP contribution in [-0.4, -0.2) is 31.1 Å². The average molecular weight is 318 g/mol. The highest BCUT2D eigenvalue weighted by Gasteiger charge is 2.31. The Labute approximate surface area is 135 Å². The molecule has 0 saturated heterocycles. The number of rotatable bonds is 7. The van der Waals surface area contributed by atoms with Crippen LogP contribution in [0.4, 0.5) is 0 Å². The van der Waals surface area contributed by atoms with Gasteiger partial charge in [0.15, 0.2) is 6.29 Å². The third kappa shape index (κ3) is 3.29. The molecule has 124 valence electrons. The lowest BCUT2D eigenvalue weighted by molar-refractivity contribution is 0.0533. The fraction of sp³-hybridized carbons (Fsp3) is 0.444. The maximum atomic E-state index is 12.0. The molecule has 0 saturated carbocycles. The van der Waals surface area contributed by atoms with Gasteiger partial charge in [-0.15, -0.1) is 0 Å². The Morgan fingerprint density at radius 1 is 1.43 bits per heavy atom. The number of cyclic esters (lactones) is 1. The molecular formula is C18H22O5. The Balaban J connectivity index is 2.50. The first-order chi connectivity index (χ1) is 11.0. The number of hydrogen-bond acceptors (Lipinski definition) is 5. The van der Waals surface area contributed by atoms with Gasteiger partial charge in [-0.25, -0.2) is 4.79 Å². The average Bonchev–Trinajstić information content (AvgIpc) is 2.93. The van der Waals surface area contributed by atoms with Crippen molar-refractivity contribution in [2.24, 2.45) is 0 Å². The number of ether oxygens (including phenoxy) is 2. The maximum Gasteiger partial charge on any atom is 0.339 e. The second kappa shape index (κ2) is 7.42. The van der Waals surface area contributed by atoms with Crippen LogP contribution in [0.5, 0.6) is 5.75 Å². The summed E-state index contributed by atoms with van der Waals surface area (Å²) in [6.45, 7) is 4.19. The van der Waals surface area contributed by atoms with Gasteiger partial charge in [0.1, 0.15) is 12.4 Å². The first kappa shape index (κ1) is 17.2. The Bertz CT molecular complexity index is 658. The van der Waals surface area contributed by atoms with E-state index in [-0.39, 0.29) is 13.2 Å². The van der Waals surface area contributed by atoms with Crippen LogP contribution in [0.3, 0.4) is 0 Å². The molecule has 1 heterocycles. The van der Waals surface area contributed by atoms with Gasteiger partial charge in [-0.3, -0.25) is 4.79 Å². The molecule has 0 unspecified atom stereocenters. The fourth-order valence-electron chi connectivity index (χ4n) is 2.96. The summed E-state index contributed by atoms with van der Waals surface area (Å²) in [6.07, 6.45) is 4.71. The highest BCUT2D eigenvalue weighted by atomic mass is 16.5. The predicted molar refractivity (Wildman–Crippen MR) is 86.0 cm³/mol. The number of aldehydes is 1. The highest BCUT2D eigenvalue weighted by Crippen LogP contribution is 2.37. The molecule has 5 heteroatoms. The zero-order valence-electron chi connectivity index (χ0n) is 13.8. The fourth-order valence-corrected chi connectivity index (χ4v) is 2.96. The molecule has 1 aromatic rings. The Hall–Kier alpha value is -2.14. The van der Waals surface area contributed by atoms with Crippen LogP contribution >= 0.6 is 0 Å². The van der Waals surface area contributed by atoms with Crippen LogP contribution in [0.1, 0.15) is 57.2 Å². The van der Waals surface area contributed by atoms with Crippen molar-refractivity contribution in [2.75, 3.05) is 13.7 Å². The van der Waals surface area contributed by atoms with Gasteiger partial charge in [0.05, 0.1) is 12.7 Å². The summed E-state index contributed by atoms with van der Waals surface area (Å²) in [7, 11) is 1.56. The monoisotopic (exact) mass is 318 g/mol. The highest BCUT2D eigenvalue weighted by molar-refractivity contribution is 6.03. The number of aliphatic hydroxyl groups is 1. The molecule has 0 fully saturated rings. The van der Waals surface area contributed by atoms with Crippen molar-refractivity contribution >= 4 is 12.3 Å². The van der Waals surface area contributed by atoms with Gasteiger partial charge in [0.2, 0.25) is 0 Å². The molecule has 0 amide bonds. The molecule has 23 heavy (non-hydrogen) atoms. The van der Waals surface area contributed by atoms with Crippen LogP contribution in [-0.2, 0) is 17.8 Å². The first-order valence-corrected chi connectivity index (χ1v) is 7.66. The van der Waals surface area contributed by atoms with E-state index in [2.05, 4.69) is 0 Å². The number of hydrogen-bond donors (Lipinski definition) is 1. The maximum absolute atomic E-state index is 12.0. The van der Waals surface area contributed by atoms with Crippen molar-refractivity contribution in [2.45, 2.75) is 39.7 Å². The number of carbonyl (C=O) groups is 2. The lowest BCUT2D eigenvalue weighted by atomic mass is 9.90. The topological polar surface area (TPSA) is 72.8 Å². The van der Waals surface area contributed by atoms with Crippen molar-refractivity contribution in [3.63, 3.8) is 0 Å². The van der Waals surface area contributed by atoms with E-state index in [1.54, 1.807) is 7.11 Å². The van der Waals surface area contributed by atoms with Crippen LogP contribution in [0.2, 0.25) is 0 Å². The van der Waals surface area contributed by atoms with E-state index in [0.717, 1.165) is 23.1 Å². The molecule has 0 bridgehead atoms. The molecular weight excluding hydrogens is 296 g/mol. The number of benzene rings is 1. The standard InChI is InChI=1S/C18H22O5/c1-11(5-4-8-19)6-7-13-14(9-20)16-15(10-23-18(16)21)12(2)17(13)22-3/h6,9,19H,4-5,7-8,10H2,1-3H3. The van der Waals surface area contributed by atoms with Crippen LogP contribution < -0.4 is 4.74 Å². The molecule has 1 aromatic carbocycles. The Morgan fingerprint density at radius 3 is 2.78 bits per heavy atom. The number of allylic oxidation sites excluding steroid dienone is 2. The zero-order chi connectivity index (χ0) is 17.0. The van der Waals surface area contributed by atoms with Crippen molar-refractivity contribution < 1.29 is 24.2 Å². The lowest BCUT2D eigenvalue weighted by Gasteiger charge is -2.16. The summed E-state index contributed by atoms with van der Waals surface area (Å²) < 4.78 is 10.6. The van der Waals surface area contributed by atoms with Gasteiger partial charge >= 0.3 is 5.97 Å². The van der Waals surface area contributed by atoms with Gasteiger partial charge < -0.3 is 14.6 Å². The quantitative estimate of drug-likeness (QED) is 0.475. The van der Waals surface area contributed by atoms with E-state index < -0.39 is 5.97 Å². The molecule has 5 nitrogen and oxygen atoms in total. The molecule has 2 rings (SSSR count). The smallest absolute Gasteiger partial charge is 0.339 e. The summed E-state index contributed by atoms with van der Waals surface area (Å²) in [5, 5.41) is 8.89. The van der Waals surface area contributed by atoms with Crippen molar-refractivity contribution in [3.8, 4) is 5.75 Å². The largest absolute Gasteiger partial charge is 0.496 e. The minimum absolute atomic E-state index is 0.151. The number of fused-ring (bicyclic) bond motifs is 1. The first-order valence-electron chi connectivity index (χ1n) is 7.66. The molecule has 0 aromatic heterocycles. The summed E-state index contributed by atoms with van der Waals surface area (Å²) in [5.74, 6) is 0.186. The molecule has 0 spiro atoms. The Kier molecular flexibility index (Phi) is 5.55. The van der Waals surface area contributed by atoms with Crippen LogP contribution in [0, 0.1) is 6.92 Å². The zero-order valence-corrected chi connectivity index (χ0v) is 13.8. The van der Waals surface area contributed by atoms with E-state index in [4.69, 9.17) is 14.6 Å². The number of aliphatic hydroxyl groups excluding tert-OH is 1. The molecule has 1 N–H and O–H groups in total. The minimum atomic E-state index is -0.449. The third-order valence-electron chi connectivity index (χ3n) is 4.22. The van der Waals surface area contributed by atoms with Crippen molar-refractivity contribution in [3.05, 3.63) is 39.5 Å². The van der Waals surface area contributed by atoms with Gasteiger partial charge in [-0.1, -0.05) is 11.6 Å². The summed E-state index contributed by atoms with van der Waals surface area (Å²) in [5.41, 5.74) is 4.14. The predicted octanol–water partition coefficient (Wildman–Crippen LogP) is 2.75. The van der Waals surface area contributed by atoms with E-state index in [0.29, 0.717) is 41.6 Å². The minimum Gasteiger partial charge on any atom is -0.496 e. The van der Waals surface area contributed by atoms with E-state index in [1.165, 1.54) is 0 Å². The SMILES string of the molecule is COc1c(C)c2c(c(C=O)c1CC=C(C)CCCO)C(=O)OC2. The number of methoxy groups -OCH3 is 1. The van der Waals surface area contributed by atoms with Crippen LogP contribution in [0.15, 0.2) is 11.6 Å². The second-order valence-electron chi connectivity index (χ2n) is 5.68. The third-order valence-corrected chi connectivity index (χ3v) is 4.22. The van der Waals surface area contributed by atoms with Gasteiger partial charge in [0.25, 0.3) is 0 Å². The lowest BCUT2D eigenvalue weighted by Crippen LogP contribution is -2.08. The number of esters is 1. The van der Waals surface area contributed by atoms with Gasteiger partial charge in [-0.2, -0.15) is 0 Å². The normalized spacial score (nSPS) is 13.7. The summed E-state index contributed by atoms with van der Waals surface area (Å²) >= 11 is 0. The second-order valence-corrected chi connectivity index (χ2v) is 5.68. The van der Waals surface area contributed by atoms with Crippen molar-refractivity contribution in [1.29, 1.82) is 0 Å². The number of carbonyl (C=O) groups excluding carboxylic acids is 2. The van der Waals surface area contributed by atoms with E-state index in [1.807, 2.05) is 19.9 Å². The summed E-state index contributed by atoms with van der Waals surface area (Å²) in [4.78, 5) is 23.6. The van der Waals surface area contributed by atoms with E-state index >= 15 is 0 Å². The van der Waals surface area contributed by atoms with Gasteiger partial charge in [0, 0.05) is 23.3 Å². The van der Waals surface area contributed by atoms with Crippen LogP contribution in [0.25, 0.3) is 0 Å². The Morgan fingerprint density at radius 2 is 2.17 bits per heavy atom.